The zero-order valence-corrected chi connectivity index (χ0v) is 9.91. The molecule has 3 heteroatoms. The molecule has 17 heavy (non-hydrogen) atoms. The van der Waals surface area contributed by atoms with E-state index < -0.39 is 0 Å². The van der Waals surface area contributed by atoms with Gasteiger partial charge in [0.05, 0.1) is 11.1 Å². The van der Waals surface area contributed by atoms with Crippen molar-refractivity contribution in [1.82, 2.24) is 4.98 Å². The number of pyridine rings is 1. The zero-order valence-electron chi connectivity index (χ0n) is 9.09. The van der Waals surface area contributed by atoms with Crippen LogP contribution in [-0.2, 0) is 6.61 Å². The molecule has 0 amide bonds. The van der Waals surface area contributed by atoms with Gasteiger partial charge in [-0.3, -0.25) is 4.98 Å². The molecule has 2 nitrogen and oxygen atoms in total. The summed E-state index contributed by atoms with van der Waals surface area (Å²) in [6, 6.07) is 14.0. The van der Waals surface area contributed by atoms with E-state index in [9.17, 15) is 0 Å². The van der Waals surface area contributed by atoms with Crippen molar-refractivity contribution in [2.75, 3.05) is 0 Å². The Kier molecular flexibility index (Phi) is 2.76. The third-order valence-corrected chi connectivity index (χ3v) is 3.34. The third kappa shape index (κ3) is 2.15. The zero-order chi connectivity index (χ0) is 11.5. The number of rotatable bonds is 3. The molecule has 3 aromatic rings. The minimum atomic E-state index is 0.484. The molecule has 3 rings (SSSR count). The van der Waals surface area contributed by atoms with Gasteiger partial charge in [-0.05, 0) is 24.3 Å². The summed E-state index contributed by atoms with van der Waals surface area (Å²) in [6.07, 6.45) is 1.77. The monoisotopic (exact) mass is 240 g/mol. The molecular weight excluding hydrogens is 230 g/mol. The van der Waals surface area contributed by atoms with Crippen LogP contribution in [0.4, 0.5) is 0 Å². The van der Waals surface area contributed by atoms with Gasteiger partial charge >= 0.3 is 0 Å². The van der Waals surface area contributed by atoms with Gasteiger partial charge in [-0.2, -0.15) is 0 Å². The second kappa shape index (κ2) is 4.55. The van der Waals surface area contributed by atoms with Gasteiger partial charge in [0.15, 0.2) is 0 Å². The van der Waals surface area contributed by atoms with Crippen LogP contribution >= 0.6 is 11.3 Å². The molecule has 2 heterocycles. The highest BCUT2D eigenvalue weighted by Crippen LogP contribution is 2.31. The maximum atomic E-state index is 5.74. The lowest BCUT2D eigenvalue weighted by Gasteiger charge is -2.03. The lowest BCUT2D eigenvalue weighted by molar-refractivity contribution is 0.305. The van der Waals surface area contributed by atoms with Crippen molar-refractivity contribution in [3.8, 4) is 5.75 Å². The summed E-state index contributed by atoms with van der Waals surface area (Å²) in [5.74, 6) is 0.816. The van der Waals surface area contributed by atoms with E-state index in [1.165, 1.54) is 4.70 Å². The average Bonchev–Trinajstić information content (AvgIpc) is 2.81. The fourth-order valence-corrected chi connectivity index (χ4v) is 2.43. The number of hydrogen-bond donors (Lipinski definition) is 0. The molecule has 1 radical (unpaired) electrons. The van der Waals surface area contributed by atoms with Crippen molar-refractivity contribution >= 4 is 21.4 Å². The number of hydrogen-bond acceptors (Lipinski definition) is 3. The molecule has 0 aliphatic rings. The molecule has 0 unspecified atom stereocenters. The fraction of sp³-hybridized carbons (Fsp3) is 0.0714. The van der Waals surface area contributed by atoms with Crippen LogP contribution in [0.15, 0.2) is 48.7 Å². The van der Waals surface area contributed by atoms with Crippen LogP contribution in [0.25, 0.3) is 10.1 Å². The maximum absolute atomic E-state index is 5.74. The molecular formula is C14H10NOS. The Hall–Kier alpha value is -1.87. The first-order chi connectivity index (χ1) is 8.43. The second-order valence-electron chi connectivity index (χ2n) is 3.64. The Bertz CT molecular complexity index is 618. The minimum Gasteiger partial charge on any atom is -0.485 e. The number of benzene rings is 1. The summed E-state index contributed by atoms with van der Waals surface area (Å²) in [4.78, 5) is 4.22. The number of aromatic nitrogens is 1. The first kappa shape index (κ1) is 10.3. The Morgan fingerprint density at radius 3 is 2.88 bits per heavy atom. The maximum Gasteiger partial charge on any atom is 0.147 e. The van der Waals surface area contributed by atoms with Gasteiger partial charge in [-0.15, -0.1) is 11.3 Å². The summed E-state index contributed by atoms with van der Waals surface area (Å²) < 4.78 is 6.94. The van der Waals surface area contributed by atoms with Crippen molar-refractivity contribution in [3.05, 3.63) is 59.7 Å². The van der Waals surface area contributed by atoms with E-state index >= 15 is 0 Å². The molecule has 0 atom stereocenters. The highest BCUT2D eigenvalue weighted by Gasteiger charge is 2.05. The largest absolute Gasteiger partial charge is 0.485 e. The predicted molar refractivity (Wildman–Crippen MR) is 69.2 cm³/mol. The van der Waals surface area contributed by atoms with Gasteiger partial charge < -0.3 is 4.74 Å². The highest BCUT2D eigenvalue weighted by molar-refractivity contribution is 7.17. The summed E-state index contributed by atoms with van der Waals surface area (Å²) >= 11 is 1.58. The molecule has 0 saturated heterocycles. The van der Waals surface area contributed by atoms with Crippen molar-refractivity contribution < 1.29 is 4.74 Å². The molecule has 83 valence electrons. The number of thiophene rings is 1. The van der Waals surface area contributed by atoms with E-state index in [0.29, 0.717) is 6.61 Å². The predicted octanol–water partition coefficient (Wildman–Crippen LogP) is 3.68. The molecule has 0 fully saturated rings. The van der Waals surface area contributed by atoms with Crippen LogP contribution in [0.2, 0.25) is 0 Å². The van der Waals surface area contributed by atoms with Crippen LogP contribution < -0.4 is 4.74 Å². The average molecular weight is 240 g/mol. The smallest absolute Gasteiger partial charge is 0.147 e. The van der Waals surface area contributed by atoms with Crippen molar-refractivity contribution in [3.63, 3.8) is 0 Å². The van der Waals surface area contributed by atoms with E-state index in [2.05, 4.69) is 22.5 Å². The van der Waals surface area contributed by atoms with E-state index in [1.54, 1.807) is 17.5 Å². The number of nitrogens with zero attached hydrogens (tertiary/aromatic N) is 1. The first-order valence-electron chi connectivity index (χ1n) is 5.35. The first-order valence-corrected chi connectivity index (χ1v) is 6.17. The number of ether oxygens (including phenoxy) is 1. The Labute approximate surface area is 104 Å². The summed E-state index contributed by atoms with van der Waals surface area (Å²) in [5, 5.41) is 4.29. The van der Waals surface area contributed by atoms with Gasteiger partial charge in [0.2, 0.25) is 0 Å². The van der Waals surface area contributed by atoms with Crippen molar-refractivity contribution in [1.29, 1.82) is 0 Å². The van der Waals surface area contributed by atoms with E-state index in [1.807, 2.05) is 30.3 Å². The third-order valence-electron chi connectivity index (χ3n) is 2.48. The van der Waals surface area contributed by atoms with Crippen LogP contribution in [-0.4, -0.2) is 4.98 Å². The Morgan fingerprint density at radius 2 is 2.00 bits per heavy atom. The van der Waals surface area contributed by atoms with E-state index in [4.69, 9.17) is 4.74 Å². The molecule has 0 saturated carbocycles. The van der Waals surface area contributed by atoms with Crippen molar-refractivity contribution in [2.24, 2.45) is 0 Å². The SMILES string of the molecule is [c]1sc2ccccc2c1OCc1ccccn1. The lowest BCUT2D eigenvalue weighted by Crippen LogP contribution is -1.96. The van der Waals surface area contributed by atoms with Crippen LogP contribution in [0.1, 0.15) is 5.69 Å². The fourth-order valence-electron chi connectivity index (χ4n) is 1.64. The van der Waals surface area contributed by atoms with Gasteiger partial charge in [0.25, 0.3) is 0 Å². The van der Waals surface area contributed by atoms with Gasteiger partial charge in [-0.1, -0.05) is 18.2 Å². The van der Waals surface area contributed by atoms with E-state index in [-0.39, 0.29) is 0 Å². The van der Waals surface area contributed by atoms with Crippen molar-refractivity contribution in [2.45, 2.75) is 6.61 Å². The molecule has 0 bridgehead atoms. The van der Waals surface area contributed by atoms with E-state index in [0.717, 1.165) is 16.8 Å². The Balaban J connectivity index is 1.82. The Morgan fingerprint density at radius 1 is 1.12 bits per heavy atom. The molecule has 0 N–H and O–H groups in total. The standard InChI is InChI=1S/C14H10NOS/c1-2-7-14-12(6-1)13(10-17-14)16-9-11-5-3-4-8-15-11/h1-8H,9H2. The summed E-state index contributed by atoms with van der Waals surface area (Å²) in [5.41, 5.74) is 0.927. The summed E-state index contributed by atoms with van der Waals surface area (Å²) in [7, 11) is 0. The quantitative estimate of drug-likeness (QED) is 0.696. The lowest BCUT2D eigenvalue weighted by atomic mass is 10.2. The molecule has 0 spiro atoms. The van der Waals surface area contributed by atoms with Gasteiger partial charge in [-0.25, -0.2) is 0 Å². The minimum absolute atomic E-state index is 0.484. The number of fused-ring (bicyclic) bond motifs is 1. The van der Waals surface area contributed by atoms with Gasteiger partial charge in [0, 0.05) is 16.3 Å². The second-order valence-corrected chi connectivity index (χ2v) is 4.49. The van der Waals surface area contributed by atoms with Crippen LogP contribution in [0.5, 0.6) is 5.75 Å². The summed E-state index contributed by atoms with van der Waals surface area (Å²) in [6.45, 7) is 0.484. The molecule has 0 aliphatic carbocycles. The molecule has 1 aromatic carbocycles. The molecule has 0 aliphatic heterocycles. The topological polar surface area (TPSA) is 22.1 Å². The van der Waals surface area contributed by atoms with Crippen LogP contribution in [0.3, 0.4) is 0 Å². The normalized spacial score (nSPS) is 10.6. The highest BCUT2D eigenvalue weighted by atomic mass is 32.1. The van der Waals surface area contributed by atoms with Crippen LogP contribution in [0, 0.1) is 5.38 Å². The van der Waals surface area contributed by atoms with Gasteiger partial charge in [0.1, 0.15) is 12.4 Å². The molecule has 2 aromatic heterocycles.